The molecule has 0 unspecified atom stereocenters. The van der Waals surface area contributed by atoms with E-state index in [-0.39, 0.29) is 10.9 Å². The highest BCUT2D eigenvalue weighted by molar-refractivity contribution is 7.99. The maximum Gasteiger partial charge on any atom is 0.451 e. The summed E-state index contributed by atoms with van der Waals surface area (Å²) in [7, 11) is 1.19. The summed E-state index contributed by atoms with van der Waals surface area (Å²) in [5.41, 5.74) is 0.434. The van der Waals surface area contributed by atoms with E-state index in [1.54, 1.807) is 24.3 Å². The lowest BCUT2D eigenvalue weighted by Gasteiger charge is -2.07. The van der Waals surface area contributed by atoms with E-state index >= 15 is 0 Å². The van der Waals surface area contributed by atoms with Crippen LogP contribution in [0.25, 0.3) is 0 Å². The number of carbonyl (C=O) groups excluding carboxylic acids is 1. The van der Waals surface area contributed by atoms with Gasteiger partial charge in [0.1, 0.15) is 0 Å². The Hall–Kier alpha value is -1.74. The molecule has 0 bridgehead atoms. The largest absolute Gasteiger partial charge is 0.451 e. The van der Waals surface area contributed by atoms with Crippen molar-refractivity contribution in [1.29, 1.82) is 0 Å². The predicted octanol–water partition coefficient (Wildman–Crippen LogP) is 3.22. The number of nitrogens with one attached hydrogen (secondary N) is 1. The number of rotatable bonds is 4. The van der Waals surface area contributed by atoms with Crippen molar-refractivity contribution in [2.24, 2.45) is 7.05 Å². The lowest BCUT2D eigenvalue weighted by molar-refractivity contribution is -0.147. The zero-order valence-corrected chi connectivity index (χ0v) is 12.8. The van der Waals surface area contributed by atoms with E-state index in [0.29, 0.717) is 10.7 Å². The number of amides is 1. The van der Waals surface area contributed by atoms with Gasteiger partial charge in [0.2, 0.25) is 11.7 Å². The molecule has 0 saturated carbocycles. The van der Waals surface area contributed by atoms with Crippen molar-refractivity contribution in [3.63, 3.8) is 0 Å². The molecule has 2 rings (SSSR count). The molecule has 0 aliphatic rings. The number of benzene rings is 1. The molecule has 0 atom stereocenters. The average molecular weight is 351 g/mol. The van der Waals surface area contributed by atoms with Crippen molar-refractivity contribution in [1.82, 2.24) is 14.8 Å². The molecule has 1 N–H and O–H groups in total. The maximum atomic E-state index is 12.6. The molecule has 1 aromatic carbocycles. The first kappa shape index (κ1) is 16.6. The molecular weight excluding hydrogens is 341 g/mol. The van der Waals surface area contributed by atoms with Crippen molar-refractivity contribution in [3.8, 4) is 0 Å². The number of nitrogens with zero attached hydrogens (tertiary/aromatic N) is 3. The Kier molecular flexibility index (Phi) is 4.97. The van der Waals surface area contributed by atoms with E-state index in [2.05, 4.69) is 15.5 Å². The Balaban J connectivity index is 1.98. The Labute approximate surface area is 132 Å². The van der Waals surface area contributed by atoms with Crippen LogP contribution in [-0.4, -0.2) is 26.4 Å². The van der Waals surface area contributed by atoms with E-state index in [1.807, 2.05) is 0 Å². The minimum atomic E-state index is -4.58. The summed E-state index contributed by atoms with van der Waals surface area (Å²) in [5, 5.41) is 9.45. The number of hydrogen-bond acceptors (Lipinski definition) is 4. The van der Waals surface area contributed by atoms with Crippen molar-refractivity contribution < 1.29 is 18.0 Å². The third kappa shape index (κ3) is 3.92. The molecule has 22 heavy (non-hydrogen) atoms. The fourth-order valence-corrected chi connectivity index (χ4v) is 2.46. The lowest BCUT2D eigenvalue weighted by atomic mass is 10.3. The first-order valence-corrected chi connectivity index (χ1v) is 7.29. The molecule has 0 saturated heterocycles. The molecule has 2 aromatic rings. The third-order valence-electron chi connectivity index (χ3n) is 2.57. The van der Waals surface area contributed by atoms with Crippen LogP contribution in [-0.2, 0) is 18.0 Å². The van der Waals surface area contributed by atoms with E-state index in [0.717, 1.165) is 16.3 Å². The van der Waals surface area contributed by atoms with E-state index in [1.165, 1.54) is 7.05 Å². The molecule has 1 aromatic heterocycles. The molecule has 0 fully saturated rings. The van der Waals surface area contributed by atoms with Gasteiger partial charge in [0.25, 0.3) is 0 Å². The van der Waals surface area contributed by atoms with Crippen LogP contribution in [0, 0.1) is 0 Å². The van der Waals surface area contributed by atoms with Gasteiger partial charge >= 0.3 is 6.18 Å². The Morgan fingerprint density at radius 1 is 1.36 bits per heavy atom. The van der Waals surface area contributed by atoms with Gasteiger partial charge in [-0.1, -0.05) is 35.5 Å². The number of thioether (sulfide) groups is 1. The van der Waals surface area contributed by atoms with Crippen LogP contribution in [0.4, 0.5) is 18.9 Å². The molecule has 0 spiro atoms. The highest BCUT2D eigenvalue weighted by Crippen LogP contribution is 2.29. The quantitative estimate of drug-likeness (QED) is 0.860. The monoisotopic (exact) mass is 350 g/mol. The summed E-state index contributed by atoms with van der Waals surface area (Å²) in [5.74, 6) is -1.63. The summed E-state index contributed by atoms with van der Waals surface area (Å²) in [6.45, 7) is 0. The molecule has 5 nitrogen and oxygen atoms in total. The van der Waals surface area contributed by atoms with E-state index in [4.69, 9.17) is 11.6 Å². The van der Waals surface area contributed by atoms with Gasteiger partial charge in [-0.3, -0.25) is 4.79 Å². The second kappa shape index (κ2) is 6.57. The molecule has 10 heteroatoms. The van der Waals surface area contributed by atoms with Gasteiger partial charge in [-0.25, -0.2) is 0 Å². The molecule has 0 radical (unpaired) electrons. The molecule has 1 heterocycles. The van der Waals surface area contributed by atoms with Gasteiger partial charge in [-0.05, 0) is 12.1 Å². The summed E-state index contributed by atoms with van der Waals surface area (Å²) < 4.78 is 38.5. The Morgan fingerprint density at radius 3 is 2.64 bits per heavy atom. The summed E-state index contributed by atoms with van der Waals surface area (Å²) in [4.78, 5) is 11.8. The van der Waals surface area contributed by atoms with Crippen molar-refractivity contribution >= 4 is 35.0 Å². The fourth-order valence-electron chi connectivity index (χ4n) is 1.57. The first-order chi connectivity index (χ1) is 10.3. The summed E-state index contributed by atoms with van der Waals surface area (Å²) in [6, 6.07) is 6.65. The third-order valence-corrected chi connectivity index (χ3v) is 3.92. The smallest absolute Gasteiger partial charge is 0.324 e. The zero-order valence-electron chi connectivity index (χ0n) is 11.2. The van der Waals surface area contributed by atoms with Gasteiger partial charge in [0.15, 0.2) is 5.16 Å². The lowest BCUT2D eigenvalue weighted by Crippen LogP contribution is -2.15. The van der Waals surface area contributed by atoms with E-state index < -0.39 is 17.9 Å². The number of aromatic nitrogens is 3. The topological polar surface area (TPSA) is 59.8 Å². The second-order valence-electron chi connectivity index (χ2n) is 4.18. The van der Waals surface area contributed by atoms with Crippen LogP contribution in [0.5, 0.6) is 0 Å². The number of alkyl halides is 3. The van der Waals surface area contributed by atoms with Crippen LogP contribution >= 0.6 is 23.4 Å². The summed E-state index contributed by atoms with van der Waals surface area (Å²) >= 11 is 6.74. The molecular formula is C12H10ClF3N4OS. The average Bonchev–Trinajstić information content (AvgIpc) is 2.80. The number of halogens is 4. The SMILES string of the molecule is Cn1c(SCC(=O)Nc2ccccc2Cl)nnc1C(F)(F)F. The fraction of sp³-hybridized carbons (Fsp3) is 0.250. The number of anilines is 1. The minimum Gasteiger partial charge on any atom is -0.324 e. The van der Waals surface area contributed by atoms with Crippen LogP contribution in [0.2, 0.25) is 5.02 Å². The predicted molar refractivity (Wildman–Crippen MR) is 76.8 cm³/mol. The standard InChI is InChI=1S/C12H10ClF3N4OS/c1-20-10(12(14,15)16)18-19-11(20)22-6-9(21)17-8-5-3-2-4-7(8)13/h2-5H,6H2,1H3,(H,17,21). The second-order valence-corrected chi connectivity index (χ2v) is 5.53. The normalized spacial score (nSPS) is 11.5. The van der Waals surface area contributed by atoms with E-state index in [9.17, 15) is 18.0 Å². The summed E-state index contributed by atoms with van der Waals surface area (Å²) in [6.07, 6.45) is -4.58. The van der Waals surface area contributed by atoms with Gasteiger partial charge in [0.05, 0.1) is 16.5 Å². The Bertz CT molecular complexity index is 689. The zero-order chi connectivity index (χ0) is 16.3. The molecule has 1 amide bonds. The van der Waals surface area contributed by atoms with Gasteiger partial charge in [-0.2, -0.15) is 13.2 Å². The van der Waals surface area contributed by atoms with Crippen LogP contribution in [0.1, 0.15) is 5.82 Å². The number of carbonyl (C=O) groups is 1. The highest BCUT2D eigenvalue weighted by atomic mass is 35.5. The van der Waals surface area contributed by atoms with Crippen LogP contribution in [0.15, 0.2) is 29.4 Å². The first-order valence-electron chi connectivity index (χ1n) is 5.93. The van der Waals surface area contributed by atoms with Crippen molar-refractivity contribution in [2.45, 2.75) is 11.3 Å². The van der Waals surface area contributed by atoms with Gasteiger partial charge in [0, 0.05) is 7.05 Å². The minimum absolute atomic E-state index is 0.00151. The molecule has 118 valence electrons. The highest BCUT2D eigenvalue weighted by Gasteiger charge is 2.37. The maximum absolute atomic E-state index is 12.6. The number of para-hydroxylation sites is 1. The van der Waals surface area contributed by atoms with Crippen molar-refractivity contribution in [2.75, 3.05) is 11.1 Å². The number of hydrogen-bond donors (Lipinski definition) is 1. The van der Waals surface area contributed by atoms with Gasteiger partial charge < -0.3 is 9.88 Å². The van der Waals surface area contributed by atoms with Crippen LogP contribution in [0.3, 0.4) is 0 Å². The van der Waals surface area contributed by atoms with Crippen molar-refractivity contribution in [3.05, 3.63) is 35.1 Å². The van der Waals surface area contributed by atoms with Gasteiger partial charge in [-0.15, -0.1) is 10.2 Å². The molecule has 0 aliphatic carbocycles. The van der Waals surface area contributed by atoms with Crippen LogP contribution < -0.4 is 5.32 Å². The molecule has 0 aliphatic heterocycles. The Morgan fingerprint density at radius 2 is 2.05 bits per heavy atom.